The van der Waals surface area contributed by atoms with Crippen molar-refractivity contribution in [3.63, 3.8) is 0 Å². The number of allylic oxidation sites excluding steroid dienone is 3. The molecule has 0 unspecified atom stereocenters. The smallest absolute Gasteiger partial charge is 0.181 e. The third-order valence-corrected chi connectivity index (χ3v) is 3.95. The van der Waals surface area contributed by atoms with E-state index in [0.717, 1.165) is 24.3 Å². The molecule has 0 radical (unpaired) electrons. The maximum Gasteiger partial charge on any atom is 0.181 e. The van der Waals surface area contributed by atoms with Gasteiger partial charge in [0.05, 0.1) is 26.4 Å². The molecule has 1 aliphatic heterocycles. The molecule has 0 aromatic heterocycles. The first-order valence-electron chi connectivity index (χ1n) is 9.19. The minimum absolute atomic E-state index is 0.0486. The summed E-state index contributed by atoms with van der Waals surface area (Å²) in [6.07, 6.45) is 11.0. The predicted octanol–water partition coefficient (Wildman–Crippen LogP) is 4.82. The van der Waals surface area contributed by atoms with Crippen LogP contribution >= 0.6 is 0 Å². The first kappa shape index (κ1) is 19.7. The van der Waals surface area contributed by atoms with Crippen molar-refractivity contribution in [3.05, 3.63) is 54.1 Å². The van der Waals surface area contributed by atoms with Crippen LogP contribution in [0.2, 0.25) is 0 Å². The van der Waals surface area contributed by atoms with Crippen molar-refractivity contribution in [3.8, 4) is 5.75 Å². The SMILES string of the molecule is C/C=C/C=C/CO[C@@H]1CO[C@@H](c2ccc(OCCCCC)cc2)CO1. The number of rotatable bonds is 10. The number of benzene rings is 1. The fraction of sp³-hybridized carbons (Fsp3) is 0.524. The average molecular weight is 346 g/mol. The second-order valence-electron chi connectivity index (χ2n) is 6.00. The van der Waals surface area contributed by atoms with Gasteiger partial charge in [0, 0.05) is 0 Å². The second-order valence-corrected chi connectivity index (χ2v) is 6.00. The molecule has 0 bridgehead atoms. The maximum atomic E-state index is 5.88. The number of hydrogen-bond donors (Lipinski definition) is 0. The molecule has 138 valence electrons. The van der Waals surface area contributed by atoms with Crippen molar-refractivity contribution in [1.82, 2.24) is 0 Å². The first-order valence-corrected chi connectivity index (χ1v) is 9.19. The Hall–Kier alpha value is -1.62. The molecule has 1 heterocycles. The maximum absolute atomic E-state index is 5.88. The van der Waals surface area contributed by atoms with Crippen molar-refractivity contribution in [1.29, 1.82) is 0 Å². The average Bonchev–Trinajstić information content (AvgIpc) is 2.66. The molecule has 2 rings (SSSR count). The van der Waals surface area contributed by atoms with E-state index in [1.165, 1.54) is 12.8 Å². The number of unbranched alkanes of at least 4 members (excludes halogenated alkanes) is 2. The van der Waals surface area contributed by atoms with Crippen LogP contribution in [-0.2, 0) is 14.2 Å². The van der Waals surface area contributed by atoms with Gasteiger partial charge < -0.3 is 18.9 Å². The molecule has 1 fully saturated rings. The summed E-state index contributed by atoms with van der Waals surface area (Å²) in [5.41, 5.74) is 1.10. The van der Waals surface area contributed by atoms with E-state index >= 15 is 0 Å². The minimum atomic E-state index is -0.298. The highest BCUT2D eigenvalue weighted by molar-refractivity contribution is 5.28. The monoisotopic (exact) mass is 346 g/mol. The van der Waals surface area contributed by atoms with Crippen LogP contribution in [0.25, 0.3) is 0 Å². The van der Waals surface area contributed by atoms with Gasteiger partial charge in [0.15, 0.2) is 6.29 Å². The van der Waals surface area contributed by atoms with Crippen molar-refractivity contribution in [2.75, 3.05) is 26.4 Å². The molecule has 1 aliphatic rings. The van der Waals surface area contributed by atoms with Gasteiger partial charge in [0.25, 0.3) is 0 Å². The van der Waals surface area contributed by atoms with E-state index in [-0.39, 0.29) is 12.4 Å². The first-order chi connectivity index (χ1) is 12.3. The number of hydrogen-bond acceptors (Lipinski definition) is 4. The molecule has 1 saturated heterocycles. The molecule has 25 heavy (non-hydrogen) atoms. The van der Waals surface area contributed by atoms with Gasteiger partial charge in [0.1, 0.15) is 11.9 Å². The zero-order valence-corrected chi connectivity index (χ0v) is 15.4. The van der Waals surface area contributed by atoms with E-state index in [4.69, 9.17) is 18.9 Å². The molecule has 0 N–H and O–H groups in total. The lowest BCUT2D eigenvalue weighted by Crippen LogP contribution is -2.33. The van der Waals surface area contributed by atoms with Gasteiger partial charge in [-0.15, -0.1) is 0 Å². The Bertz CT molecular complexity index is 513. The van der Waals surface area contributed by atoms with E-state index < -0.39 is 0 Å². The molecule has 0 spiro atoms. The van der Waals surface area contributed by atoms with Gasteiger partial charge in [-0.3, -0.25) is 0 Å². The summed E-state index contributed by atoms with van der Waals surface area (Å²) in [5, 5.41) is 0. The second kappa shape index (κ2) is 11.9. The fourth-order valence-corrected chi connectivity index (χ4v) is 2.50. The summed E-state index contributed by atoms with van der Waals surface area (Å²) >= 11 is 0. The standard InChI is InChI=1S/C21H30O4/c1-3-5-7-9-15-23-21-17-24-20(16-25-21)18-10-12-19(13-11-18)22-14-8-6-4-2/h3,5,7,9-13,20-21H,4,6,8,14-17H2,1-2H3/b5-3+,9-7+/t20-,21+/m1/s1. The van der Waals surface area contributed by atoms with Crippen molar-refractivity contribution in [2.45, 2.75) is 45.5 Å². The largest absolute Gasteiger partial charge is 0.494 e. The van der Waals surface area contributed by atoms with Crippen LogP contribution in [-0.4, -0.2) is 32.7 Å². The lowest BCUT2D eigenvalue weighted by Gasteiger charge is -2.29. The Morgan fingerprint density at radius 2 is 1.92 bits per heavy atom. The van der Waals surface area contributed by atoms with Crippen molar-refractivity contribution >= 4 is 0 Å². The Balaban J connectivity index is 1.69. The summed E-state index contributed by atoms with van der Waals surface area (Å²) in [4.78, 5) is 0. The molecule has 4 heteroatoms. The van der Waals surface area contributed by atoms with E-state index in [1.54, 1.807) is 0 Å². The van der Waals surface area contributed by atoms with Crippen LogP contribution < -0.4 is 4.74 Å². The summed E-state index contributed by atoms with van der Waals surface area (Å²) in [5.74, 6) is 0.908. The summed E-state index contributed by atoms with van der Waals surface area (Å²) in [6, 6.07) is 8.09. The molecule has 1 aromatic rings. The quantitative estimate of drug-likeness (QED) is 0.450. The number of ether oxygens (including phenoxy) is 4. The molecule has 1 aromatic carbocycles. The van der Waals surface area contributed by atoms with Crippen LogP contribution in [0.1, 0.15) is 44.8 Å². The summed E-state index contributed by atoms with van der Waals surface area (Å²) in [6.45, 7) is 6.41. The normalized spacial score (nSPS) is 21.2. The van der Waals surface area contributed by atoms with Gasteiger partial charge in [-0.1, -0.05) is 56.2 Å². The Morgan fingerprint density at radius 3 is 2.60 bits per heavy atom. The molecular formula is C21H30O4. The van der Waals surface area contributed by atoms with Crippen LogP contribution in [0.3, 0.4) is 0 Å². The van der Waals surface area contributed by atoms with E-state index in [1.807, 2.05) is 55.5 Å². The van der Waals surface area contributed by atoms with Gasteiger partial charge in [-0.2, -0.15) is 0 Å². The third kappa shape index (κ3) is 7.43. The van der Waals surface area contributed by atoms with Crippen LogP contribution in [0.4, 0.5) is 0 Å². The lowest BCUT2D eigenvalue weighted by molar-refractivity contribution is -0.232. The van der Waals surface area contributed by atoms with Gasteiger partial charge in [-0.05, 0) is 31.0 Å². The van der Waals surface area contributed by atoms with Gasteiger partial charge in [-0.25, -0.2) is 0 Å². The lowest BCUT2D eigenvalue weighted by atomic mass is 10.1. The fourth-order valence-electron chi connectivity index (χ4n) is 2.50. The topological polar surface area (TPSA) is 36.9 Å². The predicted molar refractivity (Wildman–Crippen MR) is 99.8 cm³/mol. The van der Waals surface area contributed by atoms with E-state index in [9.17, 15) is 0 Å². The summed E-state index contributed by atoms with van der Waals surface area (Å²) < 4.78 is 23.0. The molecular weight excluding hydrogens is 316 g/mol. The Labute approximate surface area is 151 Å². The highest BCUT2D eigenvalue weighted by Crippen LogP contribution is 2.25. The Kier molecular flexibility index (Phi) is 9.34. The Morgan fingerprint density at radius 1 is 1.08 bits per heavy atom. The molecule has 0 saturated carbocycles. The van der Waals surface area contributed by atoms with Crippen molar-refractivity contribution in [2.24, 2.45) is 0 Å². The van der Waals surface area contributed by atoms with Gasteiger partial charge in [0.2, 0.25) is 0 Å². The molecule has 2 atom stereocenters. The zero-order chi connectivity index (χ0) is 17.7. The molecule has 0 aliphatic carbocycles. The highest BCUT2D eigenvalue weighted by Gasteiger charge is 2.23. The summed E-state index contributed by atoms with van der Waals surface area (Å²) in [7, 11) is 0. The highest BCUT2D eigenvalue weighted by atomic mass is 16.7. The minimum Gasteiger partial charge on any atom is -0.494 e. The third-order valence-electron chi connectivity index (χ3n) is 3.95. The van der Waals surface area contributed by atoms with Gasteiger partial charge >= 0.3 is 0 Å². The van der Waals surface area contributed by atoms with Crippen LogP contribution in [0.15, 0.2) is 48.6 Å². The molecule has 4 nitrogen and oxygen atoms in total. The van der Waals surface area contributed by atoms with E-state index in [0.29, 0.717) is 19.8 Å². The molecule has 0 amide bonds. The van der Waals surface area contributed by atoms with E-state index in [2.05, 4.69) is 6.92 Å². The zero-order valence-electron chi connectivity index (χ0n) is 15.4. The van der Waals surface area contributed by atoms with Crippen LogP contribution in [0, 0.1) is 0 Å². The van der Waals surface area contributed by atoms with Crippen molar-refractivity contribution < 1.29 is 18.9 Å². The van der Waals surface area contributed by atoms with Crippen LogP contribution in [0.5, 0.6) is 5.75 Å².